The van der Waals surface area contributed by atoms with E-state index in [1.54, 1.807) is 26.4 Å². The van der Waals surface area contributed by atoms with Crippen LogP contribution >= 0.6 is 11.8 Å². The Kier molecular flexibility index (Phi) is 8.00. The summed E-state index contributed by atoms with van der Waals surface area (Å²) < 4.78 is 0. The van der Waals surface area contributed by atoms with Crippen LogP contribution in [0.1, 0.15) is 37.2 Å². The number of rotatable bonds is 10. The maximum atomic E-state index is 13.2. The van der Waals surface area contributed by atoms with Crippen LogP contribution in [0.5, 0.6) is 0 Å². The van der Waals surface area contributed by atoms with Crippen molar-refractivity contribution >= 4 is 35.5 Å². The summed E-state index contributed by atoms with van der Waals surface area (Å²) in [6, 6.07) is 1.24. The number of likely N-dealkylation sites (N-methyl/N-ethyl adjacent to an activating group) is 1. The molecule has 11 nitrogen and oxygen atoms in total. The number of carboxylic acids is 1. The lowest BCUT2D eigenvalue weighted by atomic mass is 9.78. The largest absolute Gasteiger partial charge is 0.477 e. The number of amides is 3. The zero-order valence-corrected chi connectivity index (χ0v) is 22.7. The minimum Gasteiger partial charge on any atom is -0.477 e. The summed E-state index contributed by atoms with van der Waals surface area (Å²) in [5.41, 5.74) is 0.384. The Morgan fingerprint density at radius 3 is 2.70 bits per heavy atom. The summed E-state index contributed by atoms with van der Waals surface area (Å²) in [4.78, 5) is 59.6. The van der Waals surface area contributed by atoms with Gasteiger partial charge in [0.2, 0.25) is 11.8 Å². The van der Waals surface area contributed by atoms with Crippen molar-refractivity contribution in [1.29, 1.82) is 0 Å². The minimum absolute atomic E-state index is 0.0177. The minimum atomic E-state index is -1.16. The molecule has 0 bridgehead atoms. The van der Waals surface area contributed by atoms with E-state index in [2.05, 4.69) is 20.5 Å². The molecular formula is C25H36N6O5S. The highest BCUT2D eigenvalue weighted by atomic mass is 32.2. The van der Waals surface area contributed by atoms with Gasteiger partial charge in [-0.3, -0.25) is 19.3 Å². The number of β-lactam (4-membered cyclic amide) rings is 1. The van der Waals surface area contributed by atoms with E-state index < -0.39 is 17.9 Å². The lowest BCUT2D eigenvalue weighted by Gasteiger charge is -2.47. The van der Waals surface area contributed by atoms with E-state index in [1.165, 1.54) is 21.6 Å². The molecular weight excluding hydrogens is 496 g/mol. The Labute approximate surface area is 221 Å². The molecule has 3 aliphatic heterocycles. The first kappa shape index (κ1) is 27.2. The number of aromatic amines is 1. The zero-order valence-electron chi connectivity index (χ0n) is 21.9. The van der Waals surface area contributed by atoms with Gasteiger partial charge in [0.25, 0.3) is 5.91 Å². The smallest absolute Gasteiger partial charge is 0.353 e. The fourth-order valence-electron chi connectivity index (χ4n) is 5.74. The van der Waals surface area contributed by atoms with Crippen LogP contribution in [0.2, 0.25) is 0 Å². The number of fused-ring (bicyclic) bond motifs is 1. The Bertz CT molecular complexity index is 1120. The van der Waals surface area contributed by atoms with Crippen LogP contribution in [0.4, 0.5) is 0 Å². The molecule has 12 heteroatoms. The Balaban J connectivity index is 1.44. The van der Waals surface area contributed by atoms with Gasteiger partial charge in [0.05, 0.1) is 18.5 Å². The average Bonchev–Trinajstić information content (AvgIpc) is 3.52. The molecule has 1 aromatic rings. The molecule has 4 heterocycles. The second-order valence-electron chi connectivity index (χ2n) is 10.3. The second kappa shape index (κ2) is 10.9. The Hall–Kier alpha value is -2.83. The number of aliphatic carboxylic acids is 1. The predicted molar refractivity (Wildman–Crippen MR) is 139 cm³/mol. The highest BCUT2D eigenvalue weighted by molar-refractivity contribution is 8.03. The fraction of sp³-hybridized carbons (Fsp3) is 0.600. The van der Waals surface area contributed by atoms with Crippen molar-refractivity contribution in [1.82, 2.24) is 30.3 Å². The molecule has 5 atom stereocenters. The number of nitrogens with one attached hydrogen (secondary N) is 3. The third-order valence-electron chi connectivity index (χ3n) is 7.53. The first-order chi connectivity index (χ1) is 17.5. The molecule has 0 aromatic carbocycles. The number of nitrogens with zero attached hydrogens (tertiary/aromatic N) is 3. The highest BCUT2D eigenvalue weighted by Crippen LogP contribution is 2.52. The monoisotopic (exact) mass is 532 g/mol. The summed E-state index contributed by atoms with van der Waals surface area (Å²) in [5.74, 6) is -2.50. The molecule has 4 rings (SSSR count). The molecule has 4 N–H and O–H groups in total. The van der Waals surface area contributed by atoms with Crippen molar-refractivity contribution in [2.24, 2.45) is 11.8 Å². The van der Waals surface area contributed by atoms with Crippen molar-refractivity contribution in [2.45, 2.75) is 49.7 Å². The summed E-state index contributed by atoms with van der Waals surface area (Å²) in [7, 11) is 5.21. The molecule has 3 aliphatic rings. The number of carboxylic acid groups (broad SMARTS) is 1. The molecule has 37 heavy (non-hydrogen) atoms. The molecule has 1 aromatic heterocycles. The van der Waals surface area contributed by atoms with Crippen LogP contribution in [0.25, 0.3) is 0 Å². The topological polar surface area (TPSA) is 138 Å². The molecule has 202 valence electrons. The van der Waals surface area contributed by atoms with Crippen LogP contribution < -0.4 is 10.6 Å². The number of carbonyl (C=O) groups excluding carboxylic acids is 3. The average molecular weight is 533 g/mol. The van der Waals surface area contributed by atoms with Gasteiger partial charge >= 0.3 is 5.97 Å². The summed E-state index contributed by atoms with van der Waals surface area (Å²) >= 11 is 1.25. The van der Waals surface area contributed by atoms with Crippen molar-refractivity contribution < 1.29 is 24.3 Å². The first-order valence-corrected chi connectivity index (χ1v) is 13.4. The summed E-state index contributed by atoms with van der Waals surface area (Å²) in [6.07, 6.45) is 3.77. The van der Waals surface area contributed by atoms with Gasteiger partial charge in [0, 0.05) is 54.6 Å². The van der Waals surface area contributed by atoms with Crippen LogP contribution in [0.3, 0.4) is 0 Å². The number of thioether (sulfide) groups is 1. The van der Waals surface area contributed by atoms with Gasteiger partial charge in [-0.25, -0.2) is 4.79 Å². The number of hydrogen-bond donors (Lipinski definition) is 4. The summed E-state index contributed by atoms with van der Waals surface area (Å²) in [6.45, 7) is 5.71. The van der Waals surface area contributed by atoms with E-state index in [0.717, 1.165) is 25.9 Å². The van der Waals surface area contributed by atoms with Crippen molar-refractivity contribution in [3.63, 3.8) is 0 Å². The Morgan fingerprint density at radius 1 is 1.32 bits per heavy atom. The van der Waals surface area contributed by atoms with E-state index in [0.29, 0.717) is 21.5 Å². The molecule has 0 radical (unpaired) electrons. The second-order valence-corrected chi connectivity index (χ2v) is 11.4. The van der Waals surface area contributed by atoms with E-state index in [4.69, 9.17) is 0 Å². The molecule has 3 amide bonds. The quantitative estimate of drug-likeness (QED) is 0.324. The van der Waals surface area contributed by atoms with E-state index in [9.17, 15) is 24.3 Å². The maximum absolute atomic E-state index is 13.2. The predicted octanol–water partition coefficient (Wildman–Crippen LogP) is 0.770. The summed E-state index contributed by atoms with van der Waals surface area (Å²) in [5, 5.41) is 16.1. The lowest BCUT2D eigenvalue weighted by Crippen LogP contribution is -2.66. The zero-order chi connectivity index (χ0) is 27.0. The van der Waals surface area contributed by atoms with Gasteiger partial charge in [-0.2, -0.15) is 0 Å². The Morgan fingerprint density at radius 2 is 2.05 bits per heavy atom. The van der Waals surface area contributed by atoms with Crippen LogP contribution in [-0.2, 0) is 14.4 Å². The van der Waals surface area contributed by atoms with E-state index >= 15 is 0 Å². The molecule has 0 saturated carbocycles. The van der Waals surface area contributed by atoms with E-state index in [-0.39, 0.29) is 41.9 Å². The van der Waals surface area contributed by atoms with Gasteiger partial charge in [0.1, 0.15) is 11.4 Å². The SMILES string of the molecule is CNC[C@@H]1CCCN1CC(=O)N[C@H](C)[C@H]1C(=O)N2C(C(=O)O)=C(Sc3c[nH]c(C(=O)N(C)C)c3)[C@H](C)[C@H]12. The third-order valence-corrected chi connectivity index (χ3v) is 8.78. The highest BCUT2D eigenvalue weighted by Gasteiger charge is 2.60. The number of likely N-dealkylation sites (tertiary alicyclic amines) is 1. The number of H-pyrrole nitrogens is 1. The standard InChI is InChI=1S/C25H36N6O5S/c1-13-20-19(14(2)28-18(32)12-30-8-6-7-15(30)10-26-3)24(34)31(20)21(25(35)36)22(13)37-16-9-17(27-11-16)23(33)29(4)5/h9,11,13-15,19-20,26-27H,6-8,10,12H2,1-5H3,(H,28,32)(H,35,36)/t13-,14-,15+,19-,20-/m1/s1. The van der Waals surface area contributed by atoms with Gasteiger partial charge < -0.3 is 30.5 Å². The van der Waals surface area contributed by atoms with Crippen LogP contribution in [0, 0.1) is 11.8 Å². The molecule has 0 unspecified atom stereocenters. The van der Waals surface area contributed by atoms with E-state index in [1.807, 2.05) is 20.9 Å². The van der Waals surface area contributed by atoms with Crippen LogP contribution in [-0.4, -0.2) is 107 Å². The number of hydrogen-bond acceptors (Lipinski definition) is 7. The van der Waals surface area contributed by atoms with Gasteiger partial charge in [-0.05, 0) is 39.4 Å². The molecule has 2 saturated heterocycles. The molecule has 0 spiro atoms. The molecule has 2 fully saturated rings. The van der Waals surface area contributed by atoms with Gasteiger partial charge in [-0.15, -0.1) is 0 Å². The van der Waals surface area contributed by atoms with Gasteiger partial charge in [0.15, 0.2) is 0 Å². The number of carbonyl (C=O) groups is 4. The maximum Gasteiger partial charge on any atom is 0.353 e. The number of aromatic nitrogens is 1. The van der Waals surface area contributed by atoms with Crippen molar-refractivity contribution in [3.05, 3.63) is 28.6 Å². The first-order valence-electron chi connectivity index (χ1n) is 12.6. The van der Waals surface area contributed by atoms with Crippen molar-refractivity contribution in [3.8, 4) is 0 Å². The lowest BCUT2D eigenvalue weighted by molar-refractivity contribution is -0.158. The third kappa shape index (κ3) is 5.14. The fourth-order valence-corrected chi connectivity index (χ4v) is 6.90. The van der Waals surface area contributed by atoms with Crippen molar-refractivity contribution in [2.75, 3.05) is 40.8 Å². The van der Waals surface area contributed by atoms with Gasteiger partial charge in [-0.1, -0.05) is 18.7 Å². The van der Waals surface area contributed by atoms with Crippen LogP contribution in [0.15, 0.2) is 27.8 Å². The normalized spacial score (nSPS) is 26.2. The molecule has 0 aliphatic carbocycles.